The van der Waals surface area contributed by atoms with Crippen molar-refractivity contribution in [2.75, 3.05) is 51.1 Å². The molecule has 0 atom stereocenters. The lowest BCUT2D eigenvalue weighted by molar-refractivity contribution is 0.0597. The summed E-state index contributed by atoms with van der Waals surface area (Å²) >= 11 is 4.07. The third kappa shape index (κ3) is 21.5. The van der Waals surface area contributed by atoms with Crippen LogP contribution in [0.3, 0.4) is 0 Å². The number of thiophene rings is 3. The molecule has 3 aliphatic heterocycles. The van der Waals surface area contributed by atoms with E-state index < -0.39 is 35.0 Å². The lowest BCUT2D eigenvalue weighted by Gasteiger charge is -2.28. The second-order valence-corrected chi connectivity index (χ2v) is 31.8. The molecule has 6 N–H and O–H groups in total. The van der Waals surface area contributed by atoms with Gasteiger partial charge in [0.15, 0.2) is 0 Å². The van der Waals surface area contributed by atoms with Gasteiger partial charge in [-0.15, -0.1) is 46.4 Å². The molecule has 0 saturated carbocycles. The molecule has 0 fully saturated rings. The number of carbonyl (C=O) groups excluding carboxylic acids is 3. The summed E-state index contributed by atoms with van der Waals surface area (Å²) in [4.78, 5) is 39.4. The number of ether oxygens (including phenoxy) is 2. The van der Waals surface area contributed by atoms with E-state index in [2.05, 4.69) is 16.0 Å². The van der Waals surface area contributed by atoms with Crippen molar-refractivity contribution < 1.29 is 59.5 Å². The van der Waals surface area contributed by atoms with Gasteiger partial charge in [-0.25, -0.2) is 46.2 Å². The minimum absolute atomic E-state index is 0. The number of esters is 2. The molecule has 3 aliphatic rings. The van der Waals surface area contributed by atoms with Crippen LogP contribution in [-0.4, -0.2) is 113 Å². The highest BCUT2D eigenvalue weighted by Gasteiger charge is 2.34. The van der Waals surface area contributed by atoms with Crippen molar-refractivity contribution in [3.05, 3.63) is 280 Å². The quantitative estimate of drug-likeness (QED) is 0.0245. The molecule has 0 aliphatic carbocycles. The first-order valence-corrected chi connectivity index (χ1v) is 37.6. The van der Waals surface area contributed by atoms with Gasteiger partial charge in [0.05, 0.1) is 36.4 Å². The Morgan fingerprint density at radius 3 is 1.11 bits per heavy atom. The second kappa shape index (κ2) is 36.9. The summed E-state index contributed by atoms with van der Waals surface area (Å²) in [6, 6.07) is 63.4. The Bertz CT molecular complexity index is 3910. The van der Waals surface area contributed by atoms with Crippen LogP contribution in [0.25, 0.3) is 0 Å². The average molecular weight is 1450 g/mol. The van der Waals surface area contributed by atoms with E-state index in [0.29, 0.717) is 42.2 Å². The first kappa shape index (κ1) is 77.0. The van der Waals surface area contributed by atoms with Gasteiger partial charge in [-0.2, -0.15) is 8.61 Å². The number of nitrogens with two attached hydrogens (primary N) is 1. The van der Waals surface area contributed by atoms with Crippen LogP contribution in [0.15, 0.2) is 200 Å². The summed E-state index contributed by atoms with van der Waals surface area (Å²) in [6.07, 6.45) is 2.16. The number of hydroxylamine groups is 1. The molecule has 12 rings (SSSR count). The van der Waals surface area contributed by atoms with Crippen LogP contribution in [-0.2, 0) is 77.5 Å². The van der Waals surface area contributed by atoms with Crippen LogP contribution in [0, 0.1) is 0 Å². The highest BCUT2D eigenvalue weighted by atomic mass is 35.7. The molecular formula is C69H77Cl2N5O13S6. The maximum Gasteiger partial charge on any atom is 0.348 e. The third-order valence-electron chi connectivity index (χ3n) is 15.7. The average Bonchev–Trinajstić information content (AvgIpc) is 1.79. The molecule has 0 spiro atoms. The Hall–Kier alpha value is -6.98. The number of hydrogen-bond donors (Lipinski definition) is 5. The number of carbonyl (C=O) groups is 3. The molecule has 506 valence electrons. The molecular weight excluding hydrogens is 1370 g/mol. The van der Waals surface area contributed by atoms with E-state index in [0.717, 1.165) is 78.6 Å². The van der Waals surface area contributed by atoms with E-state index in [1.54, 1.807) is 15.9 Å². The Morgan fingerprint density at radius 2 is 0.800 bits per heavy atom. The van der Waals surface area contributed by atoms with Crippen molar-refractivity contribution in [3.8, 4) is 0 Å². The van der Waals surface area contributed by atoms with Gasteiger partial charge in [0.25, 0.3) is 5.91 Å². The van der Waals surface area contributed by atoms with Gasteiger partial charge in [0.2, 0.25) is 29.1 Å². The smallest absolute Gasteiger partial charge is 0.348 e. The summed E-state index contributed by atoms with van der Waals surface area (Å²) < 4.78 is 88.7. The monoisotopic (exact) mass is 1450 g/mol. The molecule has 0 bridgehead atoms. The molecule has 18 nitrogen and oxygen atoms in total. The van der Waals surface area contributed by atoms with Crippen LogP contribution in [0.5, 0.6) is 0 Å². The van der Waals surface area contributed by atoms with Crippen LogP contribution < -0.4 is 16.7 Å². The summed E-state index contributed by atoms with van der Waals surface area (Å²) in [5.41, 5.74) is 10.7. The standard InChI is InChI=1S/C23H23NO4S2.C22H22N2O4S2.C14H13ClO2S.C9H11NO2S.CH4.ClH.H3NO/c1-28-23(25)21-14-19-12-13-24(15-22(19)29-21)30(26,27)16-20(17-8-4-2-5-9-17)18-10-6-3-7-11-18;25-22(23-26)20-13-18-11-12-24(14-21(18)29-20)30(27,28)15-19(16-7-3-1-4-8-16)17-9-5-2-6-10-17;15-18(16,17)11-14(12-7-3-1-4-8-12)13-9-5-2-6-10-13;1-12-9(11)7-4-6-2-3-10-5-8(6)13-7;;;1-2/h2-11,14,20H,12-13,15-16H2,1H3;1-10,13,19,26H,11-12,14-15H2,(H,23,25);1-10,14H,11H2;4,10H,2-3,5H2,1H3;1H4;1H;2H,1H2. The zero-order chi connectivity index (χ0) is 66.5. The highest BCUT2D eigenvalue weighted by Crippen LogP contribution is 2.36. The molecule has 0 radical (unpaired) electrons. The highest BCUT2D eigenvalue weighted by molar-refractivity contribution is 8.13. The number of benzene rings is 6. The lowest BCUT2D eigenvalue weighted by Crippen LogP contribution is -2.38. The molecule has 26 heteroatoms. The molecule has 6 heterocycles. The van der Waals surface area contributed by atoms with Gasteiger partial charge in [-0.05, 0) is 94.1 Å². The van der Waals surface area contributed by atoms with Gasteiger partial charge >= 0.3 is 11.9 Å². The van der Waals surface area contributed by atoms with Crippen molar-refractivity contribution in [2.45, 2.75) is 64.1 Å². The van der Waals surface area contributed by atoms with Crippen molar-refractivity contribution in [3.63, 3.8) is 0 Å². The molecule has 95 heavy (non-hydrogen) atoms. The van der Waals surface area contributed by atoms with E-state index in [1.165, 1.54) is 63.0 Å². The summed E-state index contributed by atoms with van der Waals surface area (Å²) in [5.74, 6) is 1.48. The fourth-order valence-electron chi connectivity index (χ4n) is 11.0. The number of sulfonamides is 2. The predicted molar refractivity (Wildman–Crippen MR) is 380 cm³/mol. The maximum atomic E-state index is 13.4. The van der Waals surface area contributed by atoms with Gasteiger partial charge in [0, 0.05) is 75.8 Å². The van der Waals surface area contributed by atoms with Crippen molar-refractivity contribution >= 4 is 104 Å². The van der Waals surface area contributed by atoms with Crippen LogP contribution >= 0.6 is 57.1 Å². The number of rotatable bonds is 17. The maximum absolute atomic E-state index is 13.4. The molecule has 1 amide bonds. The Balaban J connectivity index is 0.000000206. The fourth-order valence-corrected chi connectivity index (χ4v) is 19.1. The zero-order valence-electron chi connectivity index (χ0n) is 51.4. The summed E-state index contributed by atoms with van der Waals surface area (Å²) in [5, 5.41) is 18.6. The normalized spacial score (nSPS) is 13.5. The number of fused-ring (bicyclic) bond motifs is 3. The van der Waals surface area contributed by atoms with E-state index in [9.17, 15) is 39.6 Å². The second-order valence-electron chi connectivity index (χ2n) is 21.6. The van der Waals surface area contributed by atoms with Gasteiger partial charge in [-0.1, -0.05) is 189 Å². The summed E-state index contributed by atoms with van der Waals surface area (Å²) in [6.45, 7) is 3.24. The van der Waals surface area contributed by atoms with Gasteiger partial charge < -0.3 is 20.0 Å². The summed E-state index contributed by atoms with van der Waals surface area (Å²) in [7, 11) is -2.44. The van der Waals surface area contributed by atoms with E-state index in [1.807, 2.05) is 194 Å². The van der Waals surface area contributed by atoms with Crippen molar-refractivity contribution in [2.24, 2.45) is 5.90 Å². The molecule has 0 saturated heterocycles. The largest absolute Gasteiger partial charge is 0.465 e. The predicted octanol–water partition coefficient (Wildman–Crippen LogP) is 12.4. The fraction of sp³-hybridized carbons (Fsp3) is 0.261. The van der Waals surface area contributed by atoms with E-state index in [4.69, 9.17) is 25.8 Å². The molecule has 0 unspecified atom stereocenters. The molecule has 9 aromatic rings. The third-order valence-corrected chi connectivity index (χ3v) is 23.9. The minimum Gasteiger partial charge on any atom is -0.465 e. The topological polar surface area (TPSA) is 269 Å². The number of halogens is 2. The number of nitrogens with one attached hydrogen (secondary N) is 2. The Kier molecular flexibility index (Phi) is 30.0. The first-order valence-electron chi connectivity index (χ1n) is 29.4. The van der Waals surface area contributed by atoms with Crippen molar-refractivity contribution in [1.82, 2.24) is 19.4 Å². The van der Waals surface area contributed by atoms with Gasteiger partial charge in [-0.3, -0.25) is 10.0 Å². The lowest BCUT2D eigenvalue weighted by atomic mass is 9.93. The van der Waals surface area contributed by atoms with Gasteiger partial charge in [0.1, 0.15) is 9.75 Å². The number of amides is 1. The zero-order valence-corrected chi connectivity index (χ0v) is 57.8. The van der Waals surface area contributed by atoms with Crippen molar-refractivity contribution in [1.29, 1.82) is 0 Å². The number of nitrogens with zero attached hydrogens (tertiary/aromatic N) is 2. The minimum atomic E-state index is -3.55. The van der Waals surface area contributed by atoms with E-state index in [-0.39, 0.29) is 73.3 Å². The van der Waals surface area contributed by atoms with E-state index >= 15 is 0 Å². The first-order chi connectivity index (χ1) is 44.8. The number of methoxy groups -OCH3 is 2. The Labute approximate surface area is 579 Å². The number of hydrogen-bond acceptors (Lipinski definition) is 18. The van der Waals surface area contributed by atoms with Crippen LogP contribution in [0.4, 0.5) is 0 Å². The van der Waals surface area contributed by atoms with Crippen LogP contribution in [0.2, 0.25) is 0 Å². The Morgan fingerprint density at radius 1 is 0.505 bits per heavy atom. The SMILES string of the molecule is C.COC(=O)c1cc2c(s1)CN(S(=O)(=O)CC(c1ccccc1)c1ccccc1)CC2.COC(=O)c1cc2c(s1)CNCC2.Cl.NO.O=C(NO)c1cc2c(s1)CN(S(=O)(=O)CC(c1ccccc1)c1ccccc1)CC2.O=S(=O)(Cl)CC(c1ccccc1)c1ccccc1. The van der Waals surface area contributed by atoms with Crippen LogP contribution in [0.1, 0.15) is 119 Å². The molecule has 3 aromatic heterocycles. The molecule has 6 aromatic carbocycles.